The predicted molar refractivity (Wildman–Crippen MR) is 58.0 cm³/mol. The number of unbranched alkanes of at least 4 members (excludes halogenated alkanes) is 1. The van der Waals surface area contributed by atoms with E-state index in [0.717, 1.165) is 30.3 Å². The first-order chi connectivity index (χ1) is 5.84. The molecule has 12 heavy (non-hydrogen) atoms. The molecule has 0 aromatic heterocycles. The first kappa shape index (κ1) is 10.3. The maximum atomic E-state index is 5.60. The minimum absolute atomic E-state index is 0.778. The van der Waals surface area contributed by atoms with Gasteiger partial charge in [0.1, 0.15) is 0 Å². The van der Waals surface area contributed by atoms with Crippen molar-refractivity contribution in [1.82, 2.24) is 4.90 Å². The van der Waals surface area contributed by atoms with E-state index in [4.69, 9.17) is 23.8 Å². The van der Waals surface area contributed by atoms with Gasteiger partial charge in [-0.3, -0.25) is 0 Å². The van der Waals surface area contributed by atoms with Crippen molar-refractivity contribution < 1.29 is 0 Å². The number of piperidine rings is 1. The van der Waals surface area contributed by atoms with Crippen molar-refractivity contribution in [3.63, 3.8) is 0 Å². The molecule has 0 spiro atoms. The van der Waals surface area contributed by atoms with Crippen LogP contribution in [-0.2, 0) is 0 Å². The van der Waals surface area contributed by atoms with Crippen LogP contribution < -0.4 is 0 Å². The first-order valence-corrected chi connectivity index (χ1v) is 5.62. The van der Waals surface area contributed by atoms with E-state index in [9.17, 15) is 0 Å². The fourth-order valence-corrected chi connectivity index (χ4v) is 2.01. The third kappa shape index (κ3) is 3.28. The average molecular weight is 206 g/mol. The van der Waals surface area contributed by atoms with Crippen molar-refractivity contribution in [3.8, 4) is 0 Å². The quantitative estimate of drug-likeness (QED) is 0.395. The van der Waals surface area contributed by atoms with E-state index >= 15 is 0 Å². The van der Waals surface area contributed by atoms with Gasteiger partial charge < -0.3 is 4.90 Å². The topological polar surface area (TPSA) is 3.24 Å². The number of thiocarbonyl (C=S) groups is 1. The second-order valence-corrected chi connectivity index (χ2v) is 4.08. The number of halogens is 1. The van der Waals surface area contributed by atoms with E-state index in [1.165, 1.54) is 25.8 Å². The molecule has 3 heteroatoms. The molecule has 1 nitrogen and oxygen atoms in total. The fourth-order valence-electron chi connectivity index (χ4n) is 1.50. The summed E-state index contributed by atoms with van der Waals surface area (Å²) in [4.78, 5) is 3.50. The Balaban J connectivity index is 2.16. The number of rotatable bonds is 4. The smallest absolute Gasteiger partial charge is 0.0779 e. The molecule has 0 aromatic rings. The van der Waals surface area contributed by atoms with E-state index in [1.54, 1.807) is 0 Å². The molecular weight excluding hydrogens is 190 g/mol. The lowest BCUT2D eigenvalue weighted by atomic mass is 10.1. The molecule has 1 fully saturated rings. The van der Waals surface area contributed by atoms with Gasteiger partial charge in [-0.05, 0) is 32.1 Å². The van der Waals surface area contributed by atoms with E-state index < -0.39 is 0 Å². The number of alkyl halides is 1. The molecule has 0 aromatic carbocycles. The SMILES string of the molecule is S=C1CCCCN1CCCCCl. The highest BCUT2D eigenvalue weighted by Gasteiger charge is 2.13. The minimum Gasteiger partial charge on any atom is -0.366 e. The monoisotopic (exact) mass is 205 g/mol. The molecule has 0 bridgehead atoms. The van der Waals surface area contributed by atoms with Gasteiger partial charge in [-0.2, -0.15) is 0 Å². The molecule has 1 rings (SSSR count). The second-order valence-electron chi connectivity index (χ2n) is 3.23. The van der Waals surface area contributed by atoms with Crippen LogP contribution in [0.5, 0.6) is 0 Å². The zero-order valence-electron chi connectivity index (χ0n) is 7.39. The predicted octanol–water partition coefficient (Wildman–Crippen LogP) is 2.82. The van der Waals surface area contributed by atoms with Crippen LogP contribution in [0, 0.1) is 0 Å². The Hall–Kier alpha value is 0.180. The van der Waals surface area contributed by atoms with Crippen LogP contribution in [-0.4, -0.2) is 28.9 Å². The van der Waals surface area contributed by atoms with E-state index in [-0.39, 0.29) is 0 Å². The molecular formula is C9H16ClNS. The zero-order valence-corrected chi connectivity index (χ0v) is 8.96. The van der Waals surface area contributed by atoms with Gasteiger partial charge in [-0.25, -0.2) is 0 Å². The molecule has 0 unspecified atom stereocenters. The summed E-state index contributed by atoms with van der Waals surface area (Å²) in [6.45, 7) is 2.28. The molecule has 0 saturated carbocycles. The summed E-state index contributed by atoms with van der Waals surface area (Å²) in [6, 6.07) is 0. The molecule has 0 aliphatic carbocycles. The molecule has 0 radical (unpaired) electrons. The van der Waals surface area contributed by atoms with Crippen molar-refractivity contribution in [2.45, 2.75) is 32.1 Å². The van der Waals surface area contributed by atoms with Crippen LogP contribution in [0.25, 0.3) is 0 Å². The molecule has 1 aliphatic heterocycles. The highest BCUT2D eigenvalue weighted by Crippen LogP contribution is 2.12. The summed E-state index contributed by atoms with van der Waals surface area (Å²) in [5.41, 5.74) is 0. The molecule has 70 valence electrons. The van der Waals surface area contributed by atoms with Crippen molar-refractivity contribution in [1.29, 1.82) is 0 Å². The first-order valence-electron chi connectivity index (χ1n) is 4.68. The Kier molecular flexibility index (Phi) is 4.93. The summed E-state index contributed by atoms with van der Waals surface area (Å²) >= 11 is 10.9. The van der Waals surface area contributed by atoms with Crippen LogP contribution in [0.1, 0.15) is 32.1 Å². The van der Waals surface area contributed by atoms with Gasteiger partial charge in [0.25, 0.3) is 0 Å². The van der Waals surface area contributed by atoms with Crippen LogP contribution in [0.15, 0.2) is 0 Å². The summed E-state index contributed by atoms with van der Waals surface area (Å²) in [5.74, 6) is 0.778. The summed E-state index contributed by atoms with van der Waals surface area (Å²) in [6.07, 6.45) is 6.01. The highest BCUT2D eigenvalue weighted by molar-refractivity contribution is 7.80. The Morgan fingerprint density at radius 1 is 1.33 bits per heavy atom. The van der Waals surface area contributed by atoms with Crippen molar-refractivity contribution in [2.75, 3.05) is 19.0 Å². The Morgan fingerprint density at radius 2 is 2.17 bits per heavy atom. The zero-order chi connectivity index (χ0) is 8.81. The summed E-state index contributed by atoms with van der Waals surface area (Å²) in [7, 11) is 0. The normalized spacial score (nSPS) is 18.4. The van der Waals surface area contributed by atoms with Gasteiger partial charge in [0.2, 0.25) is 0 Å². The highest BCUT2D eigenvalue weighted by atomic mass is 35.5. The summed E-state index contributed by atoms with van der Waals surface area (Å²) in [5, 5.41) is 0. The molecule has 0 N–H and O–H groups in total. The molecule has 0 atom stereocenters. The van der Waals surface area contributed by atoms with E-state index in [1.807, 2.05) is 0 Å². The van der Waals surface area contributed by atoms with Gasteiger partial charge in [0.15, 0.2) is 0 Å². The third-order valence-electron chi connectivity index (χ3n) is 2.23. The van der Waals surface area contributed by atoms with Crippen LogP contribution >= 0.6 is 23.8 Å². The van der Waals surface area contributed by atoms with E-state index in [2.05, 4.69) is 4.90 Å². The van der Waals surface area contributed by atoms with Gasteiger partial charge in [0.05, 0.1) is 4.99 Å². The van der Waals surface area contributed by atoms with Crippen LogP contribution in [0.2, 0.25) is 0 Å². The average Bonchev–Trinajstić information content (AvgIpc) is 2.09. The van der Waals surface area contributed by atoms with E-state index in [0.29, 0.717) is 0 Å². The number of hydrogen-bond donors (Lipinski definition) is 0. The molecule has 1 heterocycles. The van der Waals surface area contributed by atoms with Crippen molar-refractivity contribution in [3.05, 3.63) is 0 Å². The largest absolute Gasteiger partial charge is 0.366 e. The van der Waals surface area contributed by atoms with Crippen LogP contribution in [0.4, 0.5) is 0 Å². The lowest BCUT2D eigenvalue weighted by molar-refractivity contribution is 0.371. The molecule has 0 amide bonds. The maximum Gasteiger partial charge on any atom is 0.0779 e. The number of likely N-dealkylation sites (tertiary alicyclic amines) is 1. The Labute approximate surface area is 85.1 Å². The van der Waals surface area contributed by atoms with Crippen LogP contribution in [0.3, 0.4) is 0 Å². The third-order valence-corrected chi connectivity index (χ3v) is 2.96. The standard InChI is InChI=1S/C9H16ClNS/c10-6-2-4-8-11-7-3-1-5-9(11)12/h1-8H2. The Bertz CT molecular complexity index is 149. The number of hydrogen-bond acceptors (Lipinski definition) is 1. The number of nitrogens with zero attached hydrogens (tertiary/aromatic N) is 1. The lowest BCUT2D eigenvalue weighted by Crippen LogP contribution is -2.34. The molecule has 1 saturated heterocycles. The van der Waals surface area contributed by atoms with Crippen molar-refractivity contribution >= 4 is 28.8 Å². The van der Waals surface area contributed by atoms with Gasteiger partial charge in [-0.1, -0.05) is 12.2 Å². The lowest BCUT2D eigenvalue weighted by Gasteiger charge is -2.29. The molecule has 1 aliphatic rings. The van der Waals surface area contributed by atoms with Gasteiger partial charge >= 0.3 is 0 Å². The summed E-state index contributed by atoms with van der Waals surface area (Å²) < 4.78 is 0. The Morgan fingerprint density at radius 3 is 2.83 bits per heavy atom. The fraction of sp³-hybridized carbons (Fsp3) is 0.889. The minimum atomic E-state index is 0.778. The van der Waals surface area contributed by atoms with Gasteiger partial charge in [-0.15, -0.1) is 11.6 Å². The van der Waals surface area contributed by atoms with Gasteiger partial charge in [0, 0.05) is 19.0 Å². The van der Waals surface area contributed by atoms with Crippen molar-refractivity contribution in [2.24, 2.45) is 0 Å². The maximum absolute atomic E-state index is 5.60. The second kappa shape index (κ2) is 5.76.